The molecule has 0 aliphatic rings. The Labute approximate surface area is 128 Å². The van der Waals surface area contributed by atoms with Crippen LogP contribution in [0.2, 0.25) is 5.15 Å². The Bertz CT molecular complexity index is 809. The van der Waals surface area contributed by atoms with Gasteiger partial charge in [-0.3, -0.25) is 4.68 Å². The molecular weight excluding hydrogens is 286 g/mol. The van der Waals surface area contributed by atoms with Crippen LogP contribution in [0, 0.1) is 13.8 Å². The molecule has 0 saturated heterocycles. The van der Waals surface area contributed by atoms with E-state index in [0.717, 1.165) is 33.7 Å². The molecule has 0 atom stereocenters. The summed E-state index contributed by atoms with van der Waals surface area (Å²) in [7, 11) is 1.91. The van der Waals surface area contributed by atoms with E-state index in [4.69, 9.17) is 11.6 Å². The minimum Gasteiger partial charge on any atom is -0.379 e. The number of nitrogens with one attached hydrogen (secondary N) is 1. The van der Waals surface area contributed by atoms with Crippen LogP contribution < -0.4 is 5.32 Å². The molecule has 0 fully saturated rings. The van der Waals surface area contributed by atoms with Crippen molar-refractivity contribution < 1.29 is 0 Å². The second-order valence-electron chi connectivity index (χ2n) is 5.04. The molecule has 0 amide bonds. The minimum atomic E-state index is 0.507. The van der Waals surface area contributed by atoms with E-state index in [1.165, 1.54) is 0 Å². The Morgan fingerprint density at radius 2 is 2.05 bits per heavy atom. The highest BCUT2D eigenvalue weighted by atomic mass is 35.5. The molecule has 0 radical (unpaired) electrons. The minimum absolute atomic E-state index is 0.507. The van der Waals surface area contributed by atoms with Gasteiger partial charge in [0.05, 0.1) is 17.1 Å². The second-order valence-corrected chi connectivity index (χ2v) is 5.43. The number of rotatable bonds is 3. The SMILES string of the molecule is Cc1nc(Cl)ccc1NCc1cnc2c(c1)c(C)nn2C. The summed E-state index contributed by atoms with van der Waals surface area (Å²) in [4.78, 5) is 8.70. The van der Waals surface area contributed by atoms with Gasteiger partial charge in [0.2, 0.25) is 0 Å². The first-order chi connectivity index (χ1) is 10.0. The summed E-state index contributed by atoms with van der Waals surface area (Å²) in [6.07, 6.45) is 1.87. The van der Waals surface area contributed by atoms with Crippen molar-refractivity contribution in [3.8, 4) is 0 Å². The van der Waals surface area contributed by atoms with Crippen LogP contribution in [0.15, 0.2) is 24.4 Å². The molecule has 3 aromatic heterocycles. The summed E-state index contributed by atoms with van der Waals surface area (Å²) >= 11 is 5.86. The van der Waals surface area contributed by atoms with E-state index in [2.05, 4.69) is 26.4 Å². The van der Waals surface area contributed by atoms with Gasteiger partial charge in [0.1, 0.15) is 5.15 Å². The van der Waals surface area contributed by atoms with E-state index < -0.39 is 0 Å². The largest absolute Gasteiger partial charge is 0.379 e. The molecule has 0 aliphatic carbocycles. The number of aryl methyl sites for hydroxylation is 3. The lowest BCUT2D eigenvalue weighted by Crippen LogP contribution is -2.03. The molecule has 6 heteroatoms. The van der Waals surface area contributed by atoms with Gasteiger partial charge in [0.15, 0.2) is 5.65 Å². The molecule has 0 aromatic carbocycles. The zero-order chi connectivity index (χ0) is 15.0. The first-order valence-corrected chi connectivity index (χ1v) is 7.07. The molecule has 0 bridgehead atoms. The number of halogens is 1. The van der Waals surface area contributed by atoms with Gasteiger partial charge >= 0.3 is 0 Å². The molecule has 0 spiro atoms. The van der Waals surface area contributed by atoms with Crippen LogP contribution in [0.5, 0.6) is 0 Å². The van der Waals surface area contributed by atoms with Crippen molar-refractivity contribution >= 4 is 28.3 Å². The van der Waals surface area contributed by atoms with Crippen LogP contribution in [0.25, 0.3) is 11.0 Å². The van der Waals surface area contributed by atoms with E-state index in [-0.39, 0.29) is 0 Å². The van der Waals surface area contributed by atoms with Crippen LogP contribution in [-0.2, 0) is 13.6 Å². The molecule has 0 unspecified atom stereocenters. The Morgan fingerprint density at radius 3 is 2.81 bits per heavy atom. The van der Waals surface area contributed by atoms with Crippen LogP contribution in [-0.4, -0.2) is 19.7 Å². The summed E-state index contributed by atoms with van der Waals surface area (Å²) in [5.74, 6) is 0. The third-order valence-electron chi connectivity index (χ3n) is 3.45. The summed E-state index contributed by atoms with van der Waals surface area (Å²) in [6, 6.07) is 5.84. The normalized spacial score (nSPS) is 11.0. The lowest BCUT2D eigenvalue weighted by Gasteiger charge is -2.09. The fraction of sp³-hybridized carbons (Fsp3) is 0.267. The molecule has 1 N–H and O–H groups in total. The Morgan fingerprint density at radius 1 is 1.24 bits per heavy atom. The van der Waals surface area contributed by atoms with Gasteiger partial charge in [0, 0.05) is 25.2 Å². The standard InChI is InChI=1S/C15H16ClN5/c1-9-12-6-11(8-18-15(12)21(3)20-9)7-17-13-4-5-14(16)19-10(13)2/h4-6,8,17H,7H2,1-3H3. The van der Waals surface area contributed by atoms with Crippen LogP contribution in [0.3, 0.4) is 0 Å². The van der Waals surface area contributed by atoms with Gasteiger partial charge in [-0.2, -0.15) is 5.10 Å². The Balaban J connectivity index is 1.83. The molecular formula is C15H16ClN5. The molecule has 21 heavy (non-hydrogen) atoms. The lowest BCUT2D eigenvalue weighted by atomic mass is 10.2. The van der Waals surface area contributed by atoms with Crippen molar-refractivity contribution in [3.05, 3.63) is 46.5 Å². The van der Waals surface area contributed by atoms with Gasteiger partial charge in [-0.15, -0.1) is 0 Å². The third-order valence-corrected chi connectivity index (χ3v) is 3.66. The topological polar surface area (TPSA) is 55.6 Å². The molecule has 5 nitrogen and oxygen atoms in total. The van der Waals surface area contributed by atoms with Gasteiger partial charge in [-0.25, -0.2) is 9.97 Å². The number of pyridine rings is 2. The summed E-state index contributed by atoms with van der Waals surface area (Å²) in [6.45, 7) is 4.61. The van der Waals surface area contributed by atoms with Crippen LogP contribution >= 0.6 is 11.6 Å². The van der Waals surface area contributed by atoms with Gasteiger partial charge < -0.3 is 5.32 Å². The van der Waals surface area contributed by atoms with Crippen molar-refractivity contribution in [1.82, 2.24) is 19.7 Å². The van der Waals surface area contributed by atoms with E-state index in [0.29, 0.717) is 11.7 Å². The molecule has 108 valence electrons. The molecule has 3 heterocycles. The Hall–Kier alpha value is -2.14. The molecule has 0 aliphatic heterocycles. The zero-order valence-corrected chi connectivity index (χ0v) is 12.9. The third kappa shape index (κ3) is 2.69. The highest BCUT2D eigenvalue weighted by Gasteiger charge is 2.07. The number of nitrogens with zero attached hydrogens (tertiary/aromatic N) is 4. The predicted molar refractivity (Wildman–Crippen MR) is 84.6 cm³/mol. The van der Waals surface area contributed by atoms with E-state index in [1.54, 1.807) is 10.7 Å². The first-order valence-electron chi connectivity index (χ1n) is 6.70. The first kappa shape index (κ1) is 13.8. The molecule has 3 rings (SSSR count). The maximum Gasteiger partial charge on any atom is 0.157 e. The van der Waals surface area contributed by atoms with Crippen LogP contribution in [0.4, 0.5) is 5.69 Å². The maximum atomic E-state index is 5.86. The number of fused-ring (bicyclic) bond motifs is 1. The van der Waals surface area contributed by atoms with Gasteiger partial charge in [0.25, 0.3) is 0 Å². The number of anilines is 1. The molecule has 0 saturated carbocycles. The van der Waals surface area contributed by atoms with Crippen molar-refractivity contribution in [2.75, 3.05) is 5.32 Å². The van der Waals surface area contributed by atoms with Crippen molar-refractivity contribution in [2.45, 2.75) is 20.4 Å². The number of aromatic nitrogens is 4. The predicted octanol–water partition coefficient (Wildman–Crippen LogP) is 3.25. The smallest absolute Gasteiger partial charge is 0.157 e. The fourth-order valence-corrected chi connectivity index (χ4v) is 2.55. The van der Waals surface area contributed by atoms with Gasteiger partial charge in [-0.05, 0) is 37.6 Å². The Kier molecular flexibility index (Phi) is 3.51. The highest BCUT2D eigenvalue weighted by molar-refractivity contribution is 6.29. The zero-order valence-electron chi connectivity index (χ0n) is 12.2. The summed E-state index contributed by atoms with van der Waals surface area (Å²) in [5.41, 5.74) is 4.86. The average Bonchev–Trinajstić information content (AvgIpc) is 2.73. The fourth-order valence-electron chi connectivity index (χ4n) is 2.36. The molecule has 3 aromatic rings. The van der Waals surface area contributed by atoms with Crippen molar-refractivity contribution in [1.29, 1.82) is 0 Å². The summed E-state index contributed by atoms with van der Waals surface area (Å²) in [5, 5.41) is 9.33. The van der Waals surface area contributed by atoms with E-state index in [9.17, 15) is 0 Å². The summed E-state index contributed by atoms with van der Waals surface area (Å²) < 4.78 is 1.80. The number of hydrogen-bond acceptors (Lipinski definition) is 4. The van der Waals surface area contributed by atoms with Gasteiger partial charge in [-0.1, -0.05) is 11.6 Å². The average molecular weight is 302 g/mol. The van der Waals surface area contributed by atoms with E-state index >= 15 is 0 Å². The van der Waals surface area contributed by atoms with Crippen LogP contribution in [0.1, 0.15) is 17.0 Å². The van der Waals surface area contributed by atoms with E-state index in [1.807, 2.05) is 33.2 Å². The quantitative estimate of drug-likeness (QED) is 0.755. The number of hydrogen-bond donors (Lipinski definition) is 1. The second kappa shape index (κ2) is 5.33. The van der Waals surface area contributed by atoms with Crippen molar-refractivity contribution in [3.63, 3.8) is 0 Å². The monoisotopic (exact) mass is 301 g/mol. The maximum absolute atomic E-state index is 5.86. The highest BCUT2D eigenvalue weighted by Crippen LogP contribution is 2.19. The lowest BCUT2D eigenvalue weighted by molar-refractivity contribution is 0.773. The van der Waals surface area contributed by atoms with Crippen molar-refractivity contribution in [2.24, 2.45) is 7.05 Å².